The summed E-state index contributed by atoms with van der Waals surface area (Å²) in [7, 11) is 0. The SMILES string of the molecule is CCN(CC#CCF)CCNC(=O)c1cnc2cc([125I])ccc2n1.Cl. The number of carbonyl (C=O) groups excluding carboxylic acids is 1. The van der Waals surface area contributed by atoms with Crippen LogP contribution in [0.1, 0.15) is 17.4 Å². The van der Waals surface area contributed by atoms with Crippen LogP contribution in [0.15, 0.2) is 24.4 Å². The Kier molecular flexibility index (Phi) is 9.63. The van der Waals surface area contributed by atoms with Crippen LogP contribution in [0.25, 0.3) is 11.0 Å². The van der Waals surface area contributed by atoms with Crippen molar-refractivity contribution >= 4 is 51.9 Å². The first-order valence-electron chi connectivity index (χ1n) is 7.58. The number of aromatic nitrogens is 2. The molecule has 0 radical (unpaired) electrons. The monoisotopic (exact) mass is 474 g/mol. The lowest BCUT2D eigenvalue weighted by Gasteiger charge is -2.17. The van der Waals surface area contributed by atoms with Crippen molar-refractivity contribution in [2.75, 3.05) is 32.9 Å². The van der Waals surface area contributed by atoms with Crippen molar-refractivity contribution in [2.24, 2.45) is 0 Å². The molecule has 0 aliphatic carbocycles. The fourth-order valence-electron chi connectivity index (χ4n) is 2.08. The fraction of sp³-hybridized carbons (Fsp3) is 0.353. The minimum Gasteiger partial charge on any atom is -0.349 e. The average molecular weight is 475 g/mol. The van der Waals surface area contributed by atoms with E-state index in [2.05, 4.69) is 49.7 Å². The molecule has 1 heterocycles. The van der Waals surface area contributed by atoms with Crippen molar-refractivity contribution in [1.29, 1.82) is 0 Å². The van der Waals surface area contributed by atoms with Crippen molar-refractivity contribution in [3.8, 4) is 11.8 Å². The summed E-state index contributed by atoms with van der Waals surface area (Å²) < 4.78 is 13.0. The second kappa shape index (κ2) is 11.2. The van der Waals surface area contributed by atoms with Gasteiger partial charge in [-0.3, -0.25) is 14.7 Å². The van der Waals surface area contributed by atoms with Crippen LogP contribution in [0.5, 0.6) is 0 Å². The third-order valence-electron chi connectivity index (χ3n) is 3.39. The molecule has 1 N–H and O–H groups in total. The van der Waals surface area contributed by atoms with Crippen molar-refractivity contribution < 1.29 is 9.18 Å². The van der Waals surface area contributed by atoms with E-state index in [1.165, 1.54) is 6.20 Å². The van der Waals surface area contributed by atoms with Crippen molar-refractivity contribution in [2.45, 2.75) is 6.92 Å². The molecule has 2 rings (SSSR count). The summed E-state index contributed by atoms with van der Waals surface area (Å²) in [6.07, 6.45) is 1.48. The Morgan fingerprint density at radius 1 is 1.36 bits per heavy atom. The van der Waals surface area contributed by atoms with Gasteiger partial charge in [0.1, 0.15) is 12.4 Å². The lowest BCUT2D eigenvalue weighted by molar-refractivity contribution is 0.0944. The maximum Gasteiger partial charge on any atom is 0.271 e. The number of hydrogen-bond acceptors (Lipinski definition) is 4. The lowest BCUT2D eigenvalue weighted by atomic mass is 10.3. The van der Waals surface area contributed by atoms with E-state index in [4.69, 9.17) is 0 Å². The zero-order chi connectivity index (χ0) is 17.4. The Balaban J connectivity index is 0.00000312. The summed E-state index contributed by atoms with van der Waals surface area (Å²) in [5.41, 5.74) is 1.76. The average Bonchev–Trinajstić information content (AvgIpc) is 2.59. The maximum atomic E-state index is 12.2. The van der Waals surface area contributed by atoms with Crippen molar-refractivity contribution in [3.63, 3.8) is 0 Å². The molecule has 1 aromatic carbocycles. The number of likely N-dealkylation sites (N-methyl/N-ethyl adjacent to an activating group) is 1. The van der Waals surface area contributed by atoms with Crippen LogP contribution in [0.2, 0.25) is 0 Å². The van der Waals surface area contributed by atoms with Gasteiger partial charge in [-0.05, 0) is 47.3 Å². The van der Waals surface area contributed by atoms with Crippen LogP contribution >= 0.6 is 35.0 Å². The number of carbonyl (C=O) groups is 1. The molecular formula is C17H19ClFIN4O. The summed E-state index contributed by atoms with van der Waals surface area (Å²) in [6.45, 7) is 3.75. The Bertz CT molecular complexity index is 778. The second-order valence-electron chi connectivity index (χ2n) is 5.00. The predicted octanol–water partition coefficient (Wildman–Crippen LogP) is 2.68. The van der Waals surface area contributed by atoms with Crippen molar-refractivity contribution in [1.82, 2.24) is 20.2 Å². The first-order chi connectivity index (χ1) is 11.6. The highest BCUT2D eigenvalue weighted by Crippen LogP contribution is 2.13. The first-order valence-corrected chi connectivity index (χ1v) is 8.66. The van der Waals surface area contributed by atoms with Crippen LogP contribution in [0.3, 0.4) is 0 Å². The van der Waals surface area contributed by atoms with Crippen LogP contribution in [-0.4, -0.2) is 53.6 Å². The van der Waals surface area contributed by atoms with Crippen LogP contribution in [0.4, 0.5) is 4.39 Å². The van der Waals surface area contributed by atoms with Crippen molar-refractivity contribution in [3.05, 3.63) is 33.7 Å². The zero-order valence-corrected chi connectivity index (χ0v) is 16.7. The van der Waals surface area contributed by atoms with E-state index in [-0.39, 0.29) is 18.3 Å². The number of halogens is 3. The molecule has 8 heteroatoms. The molecule has 0 aliphatic heterocycles. The number of benzene rings is 1. The van der Waals surface area contributed by atoms with Gasteiger partial charge < -0.3 is 5.32 Å². The van der Waals surface area contributed by atoms with Gasteiger partial charge in [-0.15, -0.1) is 12.4 Å². The quantitative estimate of drug-likeness (QED) is 0.517. The van der Waals surface area contributed by atoms with Crippen LogP contribution in [0, 0.1) is 15.4 Å². The van der Waals surface area contributed by atoms with E-state index in [9.17, 15) is 9.18 Å². The minimum atomic E-state index is -0.631. The van der Waals surface area contributed by atoms with Gasteiger partial charge in [-0.2, -0.15) is 0 Å². The summed E-state index contributed by atoms with van der Waals surface area (Å²) in [4.78, 5) is 22.8. The fourth-order valence-corrected chi connectivity index (χ4v) is 2.55. The highest BCUT2D eigenvalue weighted by Gasteiger charge is 2.09. The largest absolute Gasteiger partial charge is 0.349 e. The standard InChI is InChI=1S/C17H18FIN4O.ClH/c1-2-23(9-4-3-7-18)10-8-20-17(24)16-12-21-15-11-13(19)5-6-14(15)22-16;/h5-6,11-12H,2,7-10H2,1H3,(H,20,24);1H/i19-2;. The van der Waals surface area contributed by atoms with Gasteiger partial charge >= 0.3 is 0 Å². The molecule has 5 nitrogen and oxygen atoms in total. The molecule has 0 saturated heterocycles. The Morgan fingerprint density at radius 2 is 2.16 bits per heavy atom. The Morgan fingerprint density at radius 3 is 2.88 bits per heavy atom. The van der Waals surface area contributed by atoms with Gasteiger partial charge in [0.25, 0.3) is 5.91 Å². The topological polar surface area (TPSA) is 58.1 Å². The van der Waals surface area contributed by atoms with Gasteiger partial charge in [0, 0.05) is 16.7 Å². The molecule has 0 saturated carbocycles. The molecule has 0 unspecified atom stereocenters. The first kappa shape index (κ1) is 21.5. The zero-order valence-electron chi connectivity index (χ0n) is 13.8. The van der Waals surface area contributed by atoms with Gasteiger partial charge in [-0.25, -0.2) is 9.37 Å². The van der Waals surface area contributed by atoms with E-state index in [1.807, 2.05) is 30.0 Å². The molecular weight excluding hydrogens is 456 g/mol. The highest BCUT2D eigenvalue weighted by atomic mass is 125. The maximum absolute atomic E-state index is 12.2. The molecule has 0 aliphatic rings. The van der Waals surface area contributed by atoms with Gasteiger partial charge in [0.05, 0.1) is 23.8 Å². The molecule has 0 fully saturated rings. The van der Waals surface area contributed by atoms with E-state index in [0.717, 1.165) is 15.6 Å². The van der Waals surface area contributed by atoms with E-state index in [0.29, 0.717) is 30.8 Å². The molecule has 1 aromatic heterocycles. The number of nitrogens with zero attached hydrogens (tertiary/aromatic N) is 3. The van der Waals surface area contributed by atoms with Crippen LogP contribution in [-0.2, 0) is 0 Å². The Hall–Kier alpha value is -1.50. The summed E-state index contributed by atoms with van der Waals surface area (Å²) >= 11 is 2.21. The summed E-state index contributed by atoms with van der Waals surface area (Å²) in [5.74, 6) is 4.88. The minimum absolute atomic E-state index is 0. The van der Waals surface area contributed by atoms with E-state index < -0.39 is 6.67 Å². The number of nitrogens with one attached hydrogen (secondary N) is 1. The molecule has 1 amide bonds. The molecule has 0 bridgehead atoms. The second-order valence-corrected chi connectivity index (χ2v) is 6.25. The molecule has 134 valence electrons. The number of rotatable bonds is 6. The van der Waals surface area contributed by atoms with Gasteiger partial charge in [-0.1, -0.05) is 18.8 Å². The Labute approximate surface area is 166 Å². The molecule has 0 spiro atoms. The third kappa shape index (κ3) is 6.72. The lowest BCUT2D eigenvalue weighted by Crippen LogP contribution is -2.35. The summed E-state index contributed by atoms with van der Waals surface area (Å²) in [6, 6.07) is 5.70. The third-order valence-corrected chi connectivity index (χ3v) is 4.06. The number of amides is 1. The summed E-state index contributed by atoms with van der Waals surface area (Å²) in [5, 5.41) is 2.82. The van der Waals surface area contributed by atoms with E-state index in [1.54, 1.807) is 0 Å². The predicted molar refractivity (Wildman–Crippen MR) is 108 cm³/mol. The van der Waals surface area contributed by atoms with Gasteiger partial charge in [0.2, 0.25) is 0 Å². The number of fused-ring (bicyclic) bond motifs is 1. The van der Waals surface area contributed by atoms with E-state index >= 15 is 0 Å². The highest BCUT2D eigenvalue weighted by molar-refractivity contribution is 14.1. The number of alkyl halides is 1. The van der Waals surface area contributed by atoms with Gasteiger partial charge in [0.15, 0.2) is 0 Å². The number of hydrogen-bond donors (Lipinski definition) is 1. The normalized spacial score (nSPS) is 10.1. The molecule has 2 aromatic rings. The molecule has 0 atom stereocenters. The van der Waals surface area contributed by atoms with Crippen LogP contribution < -0.4 is 5.32 Å². The molecule has 25 heavy (non-hydrogen) atoms. The smallest absolute Gasteiger partial charge is 0.271 e.